The minimum atomic E-state index is -0.246. The molecule has 1 aromatic carbocycles. The van der Waals surface area contributed by atoms with Crippen LogP contribution in [0.3, 0.4) is 0 Å². The van der Waals surface area contributed by atoms with Crippen LogP contribution in [0.5, 0.6) is 5.75 Å². The van der Waals surface area contributed by atoms with E-state index in [1.807, 2.05) is 6.92 Å². The third-order valence-corrected chi connectivity index (χ3v) is 4.56. The molecule has 1 aromatic rings. The van der Waals surface area contributed by atoms with Gasteiger partial charge in [0.25, 0.3) is 17.7 Å². The molecule has 23 heavy (non-hydrogen) atoms. The van der Waals surface area contributed by atoms with Crippen molar-refractivity contribution in [1.29, 1.82) is 0 Å². The van der Waals surface area contributed by atoms with Crippen molar-refractivity contribution in [2.24, 2.45) is 0 Å². The first kappa shape index (κ1) is 14.0. The van der Waals surface area contributed by atoms with Gasteiger partial charge in [0.2, 0.25) is 0 Å². The predicted molar refractivity (Wildman–Crippen MR) is 83.3 cm³/mol. The average Bonchev–Trinajstić information content (AvgIpc) is 2.79. The lowest BCUT2D eigenvalue weighted by atomic mass is 9.93. The van der Waals surface area contributed by atoms with Crippen molar-refractivity contribution in [2.45, 2.75) is 32.6 Å². The number of anilines is 2. The maximum absolute atomic E-state index is 12.7. The van der Waals surface area contributed by atoms with Gasteiger partial charge in [-0.05, 0) is 50.3 Å². The van der Waals surface area contributed by atoms with Gasteiger partial charge in [-0.2, -0.15) is 0 Å². The highest BCUT2D eigenvalue weighted by Gasteiger charge is 2.40. The third kappa shape index (κ3) is 2.05. The second kappa shape index (κ2) is 4.94. The number of aryl methyl sites for hydroxylation is 1. The summed E-state index contributed by atoms with van der Waals surface area (Å²) in [6.07, 6.45) is 3.22. The van der Waals surface area contributed by atoms with Crippen molar-refractivity contribution in [3.8, 4) is 5.75 Å². The summed E-state index contributed by atoms with van der Waals surface area (Å²) in [5.41, 5.74) is 3.07. The van der Waals surface area contributed by atoms with Gasteiger partial charge in [-0.1, -0.05) is 0 Å². The number of benzene rings is 1. The Bertz CT molecular complexity index is 766. The van der Waals surface area contributed by atoms with E-state index in [4.69, 9.17) is 4.74 Å². The lowest BCUT2D eigenvalue weighted by Crippen LogP contribution is -2.33. The summed E-state index contributed by atoms with van der Waals surface area (Å²) in [5.74, 6) is -0.141. The highest BCUT2D eigenvalue weighted by atomic mass is 16.5. The molecule has 0 fully saturated rings. The molecule has 0 bridgehead atoms. The second-order valence-electron chi connectivity index (χ2n) is 6.08. The molecule has 6 heteroatoms. The van der Waals surface area contributed by atoms with Gasteiger partial charge in [0.15, 0.2) is 6.61 Å². The molecule has 6 nitrogen and oxygen atoms in total. The SMILES string of the molecule is Cc1cc2c(cc1N1C(=O)C3=C(CCCC3)C1=O)NC(=O)CO2. The van der Waals surface area contributed by atoms with Crippen LogP contribution in [0.1, 0.15) is 31.2 Å². The Hall–Kier alpha value is -2.63. The molecule has 0 saturated heterocycles. The molecule has 3 aliphatic rings. The fourth-order valence-corrected chi connectivity index (χ4v) is 3.42. The van der Waals surface area contributed by atoms with E-state index in [0.717, 1.165) is 18.4 Å². The molecule has 1 aliphatic carbocycles. The summed E-state index contributed by atoms with van der Waals surface area (Å²) in [7, 11) is 0. The highest BCUT2D eigenvalue weighted by Crippen LogP contribution is 2.40. The lowest BCUT2D eigenvalue weighted by Gasteiger charge is -2.23. The van der Waals surface area contributed by atoms with E-state index < -0.39 is 0 Å². The van der Waals surface area contributed by atoms with Crippen LogP contribution in [0.15, 0.2) is 23.3 Å². The maximum atomic E-state index is 12.7. The summed E-state index contributed by atoms with van der Waals surface area (Å²) in [6.45, 7) is 1.80. The Morgan fingerprint density at radius 1 is 1.04 bits per heavy atom. The van der Waals surface area contributed by atoms with Crippen LogP contribution in [0.4, 0.5) is 11.4 Å². The number of carbonyl (C=O) groups is 3. The minimum Gasteiger partial charge on any atom is -0.482 e. The second-order valence-corrected chi connectivity index (χ2v) is 6.08. The van der Waals surface area contributed by atoms with Crippen LogP contribution in [0.25, 0.3) is 0 Å². The van der Waals surface area contributed by atoms with Crippen molar-refractivity contribution in [3.05, 3.63) is 28.8 Å². The first-order chi connectivity index (χ1) is 11.1. The lowest BCUT2D eigenvalue weighted by molar-refractivity contribution is -0.121. The topological polar surface area (TPSA) is 75.7 Å². The quantitative estimate of drug-likeness (QED) is 0.806. The zero-order valence-electron chi connectivity index (χ0n) is 12.8. The Kier molecular flexibility index (Phi) is 3.01. The first-order valence-electron chi connectivity index (χ1n) is 7.74. The molecular formula is C17H16N2O4. The van der Waals surface area contributed by atoms with Crippen LogP contribution in [-0.4, -0.2) is 24.3 Å². The summed E-state index contributed by atoms with van der Waals surface area (Å²) < 4.78 is 5.37. The summed E-state index contributed by atoms with van der Waals surface area (Å²) in [6, 6.07) is 3.40. The van der Waals surface area contributed by atoms with Gasteiger partial charge in [-0.3, -0.25) is 14.4 Å². The number of fused-ring (bicyclic) bond motifs is 1. The van der Waals surface area contributed by atoms with Crippen LogP contribution >= 0.6 is 0 Å². The third-order valence-electron chi connectivity index (χ3n) is 4.56. The number of rotatable bonds is 1. The number of nitrogens with one attached hydrogen (secondary N) is 1. The molecule has 0 atom stereocenters. The molecule has 4 rings (SSSR count). The number of nitrogens with zero attached hydrogens (tertiary/aromatic N) is 1. The molecule has 0 saturated carbocycles. The molecule has 1 N–H and O–H groups in total. The summed E-state index contributed by atoms with van der Waals surface area (Å²) in [5, 5.41) is 2.72. The Morgan fingerprint density at radius 2 is 1.70 bits per heavy atom. The molecule has 2 heterocycles. The predicted octanol–water partition coefficient (Wildman–Crippen LogP) is 2.07. The fraction of sp³-hybridized carbons (Fsp3) is 0.353. The van der Waals surface area contributed by atoms with E-state index in [9.17, 15) is 14.4 Å². The van der Waals surface area contributed by atoms with Gasteiger partial charge in [0, 0.05) is 11.1 Å². The molecular weight excluding hydrogens is 296 g/mol. The van der Waals surface area contributed by atoms with Gasteiger partial charge in [0.05, 0.1) is 11.4 Å². The largest absolute Gasteiger partial charge is 0.482 e. The standard InChI is InChI=1S/C17H16N2O4/c1-9-6-14-12(18-15(20)8-23-14)7-13(9)19-16(21)10-4-2-3-5-11(10)17(19)22/h6-7H,2-5,8H2,1H3,(H,18,20). The summed E-state index contributed by atoms with van der Waals surface area (Å²) >= 11 is 0. The number of carbonyl (C=O) groups excluding carboxylic acids is 3. The smallest absolute Gasteiger partial charge is 0.262 e. The molecule has 0 aromatic heterocycles. The van der Waals surface area contributed by atoms with E-state index in [2.05, 4.69) is 5.32 Å². The molecule has 0 unspecified atom stereocenters. The number of hydrogen-bond donors (Lipinski definition) is 1. The van der Waals surface area contributed by atoms with Crippen molar-refractivity contribution in [2.75, 3.05) is 16.8 Å². The number of hydrogen-bond acceptors (Lipinski definition) is 4. The molecule has 0 spiro atoms. The van der Waals surface area contributed by atoms with Gasteiger partial charge >= 0.3 is 0 Å². The van der Waals surface area contributed by atoms with Crippen LogP contribution < -0.4 is 15.0 Å². The Labute approximate surface area is 133 Å². The van der Waals surface area contributed by atoms with Gasteiger partial charge in [-0.25, -0.2) is 4.90 Å². The molecule has 0 radical (unpaired) electrons. The number of amides is 3. The zero-order valence-corrected chi connectivity index (χ0v) is 12.8. The van der Waals surface area contributed by atoms with Crippen LogP contribution in [0, 0.1) is 6.92 Å². The number of ether oxygens (including phenoxy) is 1. The van der Waals surface area contributed by atoms with Crippen molar-refractivity contribution >= 4 is 29.1 Å². The van der Waals surface area contributed by atoms with E-state index >= 15 is 0 Å². The van der Waals surface area contributed by atoms with E-state index in [0.29, 0.717) is 41.1 Å². The van der Waals surface area contributed by atoms with Crippen LogP contribution in [0.2, 0.25) is 0 Å². The zero-order chi connectivity index (χ0) is 16.1. The van der Waals surface area contributed by atoms with Crippen molar-refractivity contribution in [1.82, 2.24) is 0 Å². The van der Waals surface area contributed by atoms with E-state index in [1.54, 1.807) is 12.1 Å². The highest BCUT2D eigenvalue weighted by molar-refractivity contribution is 6.33. The van der Waals surface area contributed by atoms with Crippen LogP contribution in [-0.2, 0) is 14.4 Å². The average molecular weight is 312 g/mol. The van der Waals surface area contributed by atoms with Gasteiger partial charge < -0.3 is 10.1 Å². The molecule has 118 valence electrons. The Morgan fingerprint density at radius 3 is 2.35 bits per heavy atom. The van der Waals surface area contributed by atoms with Gasteiger partial charge in [0.1, 0.15) is 5.75 Å². The molecule has 3 amide bonds. The van der Waals surface area contributed by atoms with E-state index in [-0.39, 0.29) is 24.3 Å². The maximum Gasteiger partial charge on any atom is 0.262 e. The monoisotopic (exact) mass is 312 g/mol. The normalized spacial score (nSPS) is 20.2. The van der Waals surface area contributed by atoms with Gasteiger partial charge in [-0.15, -0.1) is 0 Å². The van der Waals surface area contributed by atoms with E-state index in [1.165, 1.54) is 4.90 Å². The molecule has 2 aliphatic heterocycles. The summed E-state index contributed by atoms with van der Waals surface area (Å²) in [4.78, 5) is 38.1. The Balaban J connectivity index is 1.77. The van der Waals surface area contributed by atoms with Crippen molar-refractivity contribution < 1.29 is 19.1 Å². The number of imide groups is 1. The first-order valence-corrected chi connectivity index (χ1v) is 7.74. The minimum absolute atomic E-state index is 0.0246. The fourth-order valence-electron chi connectivity index (χ4n) is 3.42. The van der Waals surface area contributed by atoms with Crippen molar-refractivity contribution in [3.63, 3.8) is 0 Å².